The van der Waals surface area contributed by atoms with Crippen LogP contribution in [0, 0.1) is 0 Å². The number of hydrogen-bond donors (Lipinski definition) is 3. The number of nitrogens with zero attached hydrogens (tertiary/aromatic N) is 1. The number of carbonyl (C=O) groups is 1. The molecule has 0 heterocycles. The Hall–Kier alpha value is -0.500. The molecule has 1 unspecified atom stereocenters. The lowest BCUT2D eigenvalue weighted by molar-refractivity contribution is -0.870. The molecule has 0 aliphatic rings. The zero-order valence-corrected chi connectivity index (χ0v) is 38.3. The second-order valence-electron chi connectivity index (χ2n) is 17.9. The van der Waals surface area contributed by atoms with Gasteiger partial charge in [-0.1, -0.05) is 219 Å². The van der Waals surface area contributed by atoms with Crippen LogP contribution in [-0.4, -0.2) is 73.4 Å². The molecule has 0 radical (unpaired) electrons. The van der Waals surface area contributed by atoms with Gasteiger partial charge in [0.15, 0.2) is 0 Å². The van der Waals surface area contributed by atoms with Crippen LogP contribution < -0.4 is 5.32 Å². The second kappa shape index (κ2) is 39.0. The molecule has 0 rings (SSSR count). The highest BCUT2D eigenvalue weighted by molar-refractivity contribution is 7.47. The van der Waals surface area contributed by atoms with Gasteiger partial charge >= 0.3 is 7.82 Å². The third-order valence-corrected chi connectivity index (χ3v) is 12.1. The van der Waals surface area contributed by atoms with Crippen molar-refractivity contribution in [3.8, 4) is 0 Å². The highest BCUT2D eigenvalue weighted by Crippen LogP contribution is 2.43. The number of unbranched alkanes of at least 4 members (excludes halogenated alkanes) is 31. The Morgan fingerprint density at radius 3 is 1.22 bits per heavy atom. The average Bonchev–Trinajstić information content (AvgIpc) is 3.13. The molecule has 0 spiro atoms. The number of rotatable bonds is 44. The maximum atomic E-state index is 12.9. The molecule has 0 saturated heterocycles. The molecule has 0 aliphatic heterocycles. The van der Waals surface area contributed by atoms with E-state index in [0.29, 0.717) is 23.9 Å². The van der Waals surface area contributed by atoms with E-state index in [1.165, 1.54) is 173 Å². The summed E-state index contributed by atoms with van der Waals surface area (Å²) in [5.41, 5.74) is 0. The van der Waals surface area contributed by atoms with Gasteiger partial charge in [-0.3, -0.25) is 13.8 Å². The fourth-order valence-corrected chi connectivity index (χ4v) is 8.02. The lowest BCUT2D eigenvalue weighted by Gasteiger charge is -2.26. The molecule has 0 saturated carbocycles. The minimum Gasteiger partial charge on any atom is -0.391 e. The van der Waals surface area contributed by atoms with E-state index >= 15 is 0 Å². The van der Waals surface area contributed by atoms with Crippen LogP contribution in [0.1, 0.15) is 239 Å². The van der Waals surface area contributed by atoms with E-state index in [0.717, 1.165) is 38.5 Å². The Morgan fingerprint density at radius 1 is 0.545 bits per heavy atom. The predicted octanol–water partition coefficient (Wildman–Crippen LogP) is 13.4. The van der Waals surface area contributed by atoms with Crippen molar-refractivity contribution >= 4 is 13.7 Å². The van der Waals surface area contributed by atoms with Crippen molar-refractivity contribution < 1.29 is 32.9 Å². The van der Waals surface area contributed by atoms with Gasteiger partial charge in [0.2, 0.25) is 5.91 Å². The lowest BCUT2D eigenvalue weighted by atomic mass is 10.0. The first-order valence-electron chi connectivity index (χ1n) is 23.9. The van der Waals surface area contributed by atoms with Gasteiger partial charge in [-0.2, -0.15) is 0 Å². The number of amides is 1. The van der Waals surface area contributed by atoms with Crippen LogP contribution in [0.4, 0.5) is 0 Å². The maximum absolute atomic E-state index is 12.9. The van der Waals surface area contributed by atoms with E-state index in [1.54, 1.807) is 0 Å². The molecule has 3 atom stereocenters. The summed E-state index contributed by atoms with van der Waals surface area (Å²) in [7, 11) is 1.63. The maximum Gasteiger partial charge on any atom is 0.472 e. The number of phosphoric ester groups is 1. The smallest absolute Gasteiger partial charge is 0.391 e. The van der Waals surface area contributed by atoms with E-state index in [1.807, 2.05) is 21.1 Å². The molecule has 330 valence electrons. The standard InChI is InChI=1S/C46H95N2O6P/c1-6-8-10-12-14-16-18-20-21-22-23-24-25-26-28-30-32-34-36-38-40-46(50)47-44(43-54-55(51,52)53-42-41-48(3,4)5)45(49)39-37-35-33-31-29-27-19-17-15-13-11-9-7-2/h44-45,49H,6-43H2,1-5H3,(H-,47,50,51,52)/p+1/t44-,45+/m1/s1. The van der Waals surface area contributed by atoms with Crippen molar-refractivity contribution in [2.45, 2.75) is 251 Å². The van der Waals surface area contributed by atoms with Crippen molar-refractivity contribution in [1.29, 1.82) is 0 Å². The van der Waals surface area contributed by atoms with Gasteiger partial charge in [0.1, 0.15) is 13.2 Å². The highest BCUT2D eigenvalue weighted by atomic mass is 31.2. The van der Waals surface area contributed by atoms with Gasteiger partial charge in [0.05, 0.1) is 39.9 Å². The van der Waals surface area contributed by atoms with Gasteiger partial charge in [0, 0.05) is 6.42 Å². The van der Waals surface area contributed by atoms with Gasteiger partial charge in [-0.15, -0.1) is 0 Å². The summed E-state index contributed by atoms with van der Waals surface area (Å²) in [6.45, 7) is 4.91. The first kappa shape index (κ1) is 54.5. The molecule has 55 heavy (non-hydrogen) atoms. The molecular weight excluding hydrogens is 707 g/mol. The normalized spacial score (nSPS) is 14.2. The fraction of sp³-hybridized carbons (Fsp3) is 0.978. The zero-order valence-electron chi connectivity index (χ0n) is 37.4. The van der Waals surface area contributed by atoms with Crippen molar-refractivity contribution in [3.05, 3.63) is 0 Å². The quantitative estimate of drug-likeness (QED) is 0.0322. The Balaban J connectivity index is 4.23. The van der Waals surface area contributed by atoms with Crippen LogP contribution in [0.5, 0.6) is 0 Å². The number of likely N-dealkylation sites (N-methyl/N-ethyl adjacent to an activating group) is 1. The average molecular weight is 804 g/mol. The van der Waals surface area contributed by atoms with Gasteiger partial charge in [-0.05, 0) is 12.8 Å². The summed E-state index contributed by atoms with van der Waals surface area (Å²) >= 11 is 0. The number of aliphatic hydroxyl groups is 1. The molecule has 9 heteroatoms. The number of quaternary nitrogens is 1. The molecule has 0 aromatic rings. The SMILES string of the molecule is CCCCCCCCCCCCCCCCCCCCCCC(=O)N[C@H](COP(=O)(O)OCC[N+](C)(C)C)[C@@H](O)CCCCCCCCCCCCCCC. The monoisotopic (exact) mass is 804 g/mol. The molecule has 1 amide bonds. The Labute approximate surface area is 342 Å². The summed E-state index contributed by atoms with van der Waals surface area (Å²) in [6, 6.07) is -0.752. The van der Waals surface area contributed by atoms with Crippen LogP contribution in [0.15, 0.2) is 0 Å². The number of hydrogen-bond acceptors (Lipinski definition) is 5. The Morgan fingerprint density at radius 2 is 0.873 bits per heavy atom. The zero-order chi connectivity index (χ0) is 40.7. The van der Waals surface area contributed by atoms with Crippen LogP contribution in [0.3, 0.4) is 0 Å². The third-order valence-electron chi connectivity index (χ3n) is 11.1. The highest BCUT2D eigenvalue weighted by Gasteiger charge is 2.28. The fourth-order valence-electron chi connectivity index (χ4n) is 7.28. The molecular formula is C46H96N2O6P+. The Bertz CT molecular complexity index is 870. The largest absolute Gasteiger partial charge is 0.472 e. The summed E-state index contributed by atoms with van der Waals surface area (Å²) in [6.07, 6.45) is 42.7. The van der Waals surface area contributed by atoms with Crippen molar-refractivity contribution in [3.63, 3.8) is 0 Å². The molecule has 0 fully saturated rings. The minimum atomic E-state index is -4.31. The number of carbonyl (C=O) groups excluding carboxylic acids is 1. The molecule has 8 nitrogen and oxygen atoms in total. The molecule has 0 aromatic carbocycles. The van der Waals surface area contributed by atoms with Crippen molar-refractivity contribution in [2.75, 3.05) is 40.9 Å². The molecule has 3 N–H and O–H groups in total. The molecule has 0 aliphatic carbocycles. The summed E-state index contributed by atoms with van der Waals surface area (Å²) in [4.78, 5) is 23.2. The summed E-state index contributed by atoms with van der Waals surface area (Å²) in [5.74, 6) is -0.140. The number of phosphoric acid groups is 1. The minimum absolute atomic E-state index is 0.0786. The van der Waals surface area contributed by atoms with Gasteiger partial charge in [0.25, 0.3) is 0 Å². The van der Waals surface area contributed by atoms with Crippen LogP contribution in [0.2, 0.25) is 0 Å². The van der Waals surface area contributed by atoms with E-state index < -0.39 is 20.0 Å². The second-order valence-corrected chi connectivity index (χ2v) is 19.3. The Kier molecular flexibility index (Phi) is 38.6. The molecule has 0 aromatic heterocycles. The van der Waals surface area contributed by atoms with Gasteiger partial charge < -0.3 is 19.8 Å². The van der Waals surface area contributed by atoms with Crippen LogP contribution in [-0.2, 0) is 18.4 Å². The first-order valence-corrected chi connectivity index (χ1v) is 25.4. The van der Waals surface area contributed by atoms with E-state index in [9.17, 15) is 19.4 Å². The van der Waals surface area contributed by atoms with Crippen LogP contribution >= 0.6 is 7.82 Å². The molecule has 0 bridgehead atoms. The lowest BCUT2D eigenvalue weighted by Crippen LogP contribution is -2.46. The van der Waals surface area contributed by atoms with E-state index in [4.69, 9.17) is 9.05 Å². The van der Waals surface area contributed by atoms with Crippen molar-refractivity contribution in [2.24, 2.45) is 0 Å². The van der Waals surface area contributed by atoms with Crippen LogP contribution in [0.25, 0.3) is 0 Å². The van der Waals surface area contributed by atoms with Gasteiger partial charge in [-0.25, -0.2) is 4.57 Å². The first-order chi connectivity index (χ1) is 26.5. The number of nitrogens with one attached hydrogen (secondary N) is 1. The van der Waals surface area contributed by atoms with Crippen molar-refractivity contribution in [1.82, 2.24) is 5.32 Å². The topological polar surface area (TPSA) is 105 Å². The third kappa shape index (κ3) is 41.5. The van der Waals surface area contributed by atoms with E-state index in [2.05, 4.69) is 19.2 Å². The summed E-state index contributed by atoms with van der Waals surface area (Å²) < 4.78 is 23.6. The number of aliphatic hydroxyl groups excluding tert-OH is 1. The summed E-state index contributed by atoms with van der Waals surface area (Å²) in [5, 5.41) is 14.0. The van der Waals surface area contributed by atoms with E-state index in [-0.39, 0.29) is 19.1 Å². The predicted molar refractivity (Wildman–Crippen MR) is 236 cm³/mol.